The normalized spacial score (nSPS) is 11.8. The van der Waals surface area contributed by atoms with Crippen LogP contribution in [0.15, 0.2) is 48.3 Å². The Morgan fingerprint density at radius 2 is 2.10 bits per heavy atom. The molecule has 0 spiro atoms. The summed E-state index contributed by atoms with van der Waals surface area (Å²) in [5, 5.41) is 8.87. The molecule has 0 aliphatic heterocycles. The number of rotatable bonds is 6. The number of carbonyl (C=O) groups is 1. The summed E-state index contributed by atoms with van der Waals surface area (Å²) < 4.78 is 0. The summed E-state index contributed by atoms with van der Waals surface area (Å²) >= 11 is 0. The number of nitrogens with zero attached hydrogens (tertiary/aromatic N) is 1. The van der Waals surface area contributed by atoms with E-state index in [1.165, 1.54) is 0 Å². The van der Waals surface area contributed by atoms with Crippen molar-refractivity contribution in [2.75, 3.05) is 24.7 Å². The van der Waals surface area contributed by atoms with Gasteiger partial charge in [-0.05, 0) is 31.6 Å². The van der Waals surface area contributed by atoms with Crippen LogP contribution in [0.5, 0.6) is 0 Å². The van der Waals surface area contributed by atoms with E-state index in [4.69, 9.17) is 0 Å². The van der Waals surface area contributed by atoms with E-state index in [1.54, 1.807) is 32.4 Å². The van der Waals surface area contributed by atoms with Crippen molar-refractivity contribution < 1.29 is 4.79 Å². The van der Waals surface area contributed by atoms with E-state index in [0.29, 0.717) is 11.4 Å². The summed E-state index contributed by atoms with van der Waals surface area (Å²) in [5.74, 6) is 0.483. The second kappa shape index (κ2) is 7.89. The fraction of sp³-hybridized carbons (Fsp3) is 0.250. The summed E-state index contributed by atoms with van der Waals surface area (Å²) in [7, 11) is 3.38. The van der Waals surface area contributed by atoms with E-state index in [0.717, 1.165) is 17.0 Å². The fourth-order valence-electron chi connectivity index (χ4n) is 1.70. The minimum atomic E-state index is -0.169. The largest absolute Gasteiger partial charge is 0.385 e. The van der Waals surface area contributed by atoms with Crippen LogP contribution in [0, 0.1) is 0 Å². The first-order valence-electron chi connectivity index (χ1n) is 6.70. The number of anilines is 2. The Morgan fingerprint density at radius 1 is 1.38 bits per heavy atom. The maximum Gasteiger partial charge on any atom is 0.252 e. The maximum absolute atomic E-state index is 11.6. The zero-order chi connectivity index (χ0) is 15.8. The first kappa shape index (κ1) is 16.5. The summed E-state index contributed by atoms with van der Waals surface area (Å²) in [6.07, 6.45) is 7.21. The molecule has 0 aliphatic carbocycles. The molecule has 0 fully saturated rings. The van der Waals surface area contributed by atoms with Crippen LogP contribution >= 0.6 is 0 Å². The van der Waals surface area contributed by atoms with Crippen molar-refractivity contribution in [2.45, 2.75) is 13.8 Å². The first-order chi connectivity index (χ1) is 10.1. The Balaban J connectivity index is 3.19. The van der Waals surface area contributed by atoms with Gasteiger partial charge in [-0.15, -0.1) is 0 Å². The number of amides is 1. The SMILES string of the molecule is C=C/C(C)=C(\C=C/C)Nc1ncc(C(=O)NC)cc1NC. The van der Waals surface area contributed by atoms with Gasteiger partial charge in [-0.1, -0.05) is 18.7 Å². The molecule has 21 heavy (non-hydrogen) atoms. The smallest absolute Gasteiger partial charge is 0.252 e. The zero-order valence-corrected chi connectivity index (χ0v) is 12.9. The monoisotopic (exact) mass is 286 g/mol. The maximum atomic E-state index is 11.6. The highest BCUT2D eigenvalue weighted by Gasteiger charge is 2.10. The van der Waals surface area contributed by atoms with Gasteiger partial charge in [0.1, 0.15) is 0 Å². The van der Waals surface area contributed by atoms with Gasteiger partial charge >= 0.3 is 0 Å². The van der Waals surface area contributed by atoms with Crippen LogP contribution in [0.3, 0.4) is 0 Å². The van der Waals surface area contributed by atoms with Crippen LogP contribution in [-0.4, -0.2) is 25.0 Å². The predicted octanol–water partition coefficient (Wildman–Crippen LogP) is 2.93. The number of hydrogen-bond donors (Lipinski definition) is 3. The van der Waals surface area contributed by atoms with Crippen molar-refractivity contribution in [2.24, 2.45) is 0 Å². The third kappa shape index (κ3) is 4.21. The molecule has 0 aromatic carbocycles. The highest BCUT2D eigenvalue weighted by atomic mass is 16.1. The lowest BCUT2D eigenvalue weighted by molar-refractivity contribution is 0.0963. The molecule has 0 atom stereocenters. The Morgan fingerprint density at radius 3 is 2.62 bits per heavy atom. The van der Waals surface area contributed by atoms with Gasteiger partial charge in [0.25, 0.3) is 5.91 Å². The number of aromatic nitrogens is 1. The molecule has 0 unspecified atom stereocenters. The molecule has 0 saturated carbocycles. The van der Waals surface area contributed by atoms with Gasteiger partial charge in [0.2, 0.25) is 0 Å². The Bertz CT molecular complexity index is 588. The van der Waals surface area contributed by atoms with Crippen molar-refractivity contribution in [3.8, 4) is 0 Å². The van der Waals surface area contributed by atoms with Crippen molar-refractivity contribution in [1.29, 1.82) is 0 Å². The molecule has 0 saturated heterocycles. The average Bonchev–Trinajstić information content (AvgIpc) is 2.53. The Hall–Kier alpha value is -2.56. The molecule has 0 aliphatic rings. The van der Waals surface area contributed by atoms with E-state index in [9.17, 15) is 4.79 Å². The lowest BCUT2D eigenvalue weighted by atomic mass is 10.2. The number of nitrogens with one attached hydrogen (secondary N) is 3. The number of carbonyl (C=O) groups excluding carboxylic acids is 1. The van der Waals surface area contributed by atoms with Gasteiger partial charge in [-0.3, -0.25) is 4.79 Å². The summed E-state index contributed by atoms with van der Waals surface area (Å²) in [4.78, 5) is 16.0. The highest BCUT2D eigenvalue weighted by Crippen LogP contribution is 2.22. The zero-order valence-electron chi connectivity index (χ0n) is 12.9. The lowest BCUT2D eigenvalue weighted by Gasteiger charge is -2.14. The van der Waals surface area contributed by atoms with Crippen LogP contribution in [0.25, 0.3) is 0 Å². The van der Waals surface area contributed by atoms with Crippen LogP contribution in [0.2, 0.25) is 0 Å². The van der Waals surface area contributed by atoms with Crippen LogP contribution in [0.1, 0.15) is 24.2 Å². The summed E-state index contributed by atoms with van der Waals surface area (Å²) in [5.41, 5.74) is 3.16. The van der Waals surface area contributed by atoms with Gasteiger partial charge in [-0.25, -0.2) is 4.98 Å². The van der Waals surface area contributed by atoms with Gasteiger partial charge in [0, 0.05) is 26.0 Å². The molecule has 1 heterocycles. The van der Waals surface area contributed by atoms with Crippen molar-refractivity contribution in [1.82, 2.24) is 10.3 Å². The van der Waals surface area contributed by atoms with E-state index in [2.05, 4.69) is 27.5 Å². The molecule has 1 amide bonds. The minimum absolute atomic E-state index is 0.169. The van der Waals surface area contributed by atoms with Crippen LogP contribution < -0.4 is 16.0 Å². The molecule has 1 aromatic rings. The molecule has 1 aromatic heterocycles. The molecular formula is C16H22N4O. The molecule has 3 N–H and O–H groups in total. The Kier molecular flexibility index (Phi) is 6.20. The van der Waals surface area contributed by atoms with E-state index in [-0.39, 0.29) is 5.91 Å². The van der Waals surface area contributed by atoms with E-state index in [1.807, 2.05) is 26.0 Å². The third-order valence-electron chi connectivity index (χ3n) is 2.96. The van der Waals surface area contributed by atoms with Crippen molar-refractivity contribution >= 4 is 17.4 Å². The standard InChI is InChI=1S/C16H22N4O/c1-6-8-13(11(3)7-2)20-15-14(17-4)9-12(10-19-15)16(21)18-5/h6-10,17H,2H2,1,3-5H3,(H,18,21)(H,19,20)/b8-6-,13-11+. The molecule has 5 nitrogen and oxygen atoms in total. The summed E-state index contributed by atoms with van der Waals surface area (Å²) in [6.45, 7) is 7.68. The second-order valence-electron chi connectivity index (χ2n) is 4.38. The molecule has 0 radical (unpaired) electrons. The Labute approximate surface area is 125 Å². The van der Waals surface area contributed by atoms with E-state index < -0.39 is 0 Å². The quantitative estimate of drug-likeness (QED) is 0.703. The van der Waals surface area contributed by atoms with Gasteiger partial charge in [0.15, 0.2) is 5.82 Å². The minimum Gasteiger partial charge on any atom is -0.385 e. The fourth-order valence-corrected chi connectivity index (χ4v) is 1.70. The lowest BCUT2D eigenvalue weighted by Crippen LogP contribution is -2.18. The van der Waals surface area contributed by atoms with E-state index >= 15 is 0 Å². The van der Waals surface area contributed by atoms with Crippen LogP contribution in [0.4, 0.5) is 11.5 Å². The van der Waals surface area contributed by atoms with Gasteiger partial charge in [-0.2, -0.15) is 0 Å². The number of pyridine rings is 1. The van der Waals surface area contributed by atoms with Gasteiger partial charge in [0.05, 0.1) is 11.3 Å². The topological polar surface area (TPSA) is 66.0 Å². The van der Waals surface area contributed by atoms with Gasteiger partial charge < -0.3 is 16.0 Å². The number of allylic oxidation sites excluding steroid dienone is 4. The third-order valence-corrected chi connectivity index (χ3v) is 2.96. The molecular weight excluding hydrogens is 264 g/mol. The molecule has 0 bridgehead atoms. The molecule has 112 valence electrons. The average molecular weight is 286 g/mol. The highest BCUT2D eigenvalue weighted by molar-refractivity contribution is 5.95. The molecule has 1 rings (SSSR count). The molecule has 5 heteroatoms. The van der Waals surface area contributed by atoms with Crippen molar-refractivity contribution in [3.05, 3.63) is 53.9 Å². The first-order valence-corrected chi connectivity index (χ1v) is 6.70. The van der Waals surface area contributed by atoms with Crippen molar-refractivity contribution in [3.63, 3.8) is 0 Å². The van der Waals surface area contributed by atoms with Crippen LogP contribution in [-0.2, 0) is 0 Å². The summed E-state index contributed by atoms with van der Waals surface area (Å²) in [6, 6.07) is 1.75. The number of hydrogen-bond acceptors (Lipinski definition) is 4. The predicted molar refractivity (Wildman–Crippen MR) is 88.5 cm³/mol. The second-order valence-corrected chi connectivity index (χ2v) is 4.38.